The summed E-state index contributed by atoms with van der Waals surface area (Å²) < 4.78 is 72.6. The van der Waals surface area contributed by atoms with E-state index in [0.717, 1.165) is 44.2 Å². The standard InChI is InChI=1S/C30H42F3N3O5S/c1-19-22(26(37)34-15-14-29(5,6)27(38)39)18-36(24(19)16-20-10-8-7-9-11-20)21-12-13-25(23(17-21)30(31,32)33)42(40,41)35-28(2,3)4/h12-13,17-18,20,35H,7-11,14-16H2,1-6H3,(H,34,37)(H,38,39). The Hall–Kier alpha value is -2.86. The van der Waals surface area contributed by atoms with Gasteiger partial charge in [-0.25, -0.2) is 13.1 Å². The van der Waals surface area contributed by atoms with Gasteiger partial charge >= 0.3 is 12.1 Å². The van der Waals surface area contributed by atoms with Gasteiger partial charge in [-0.1, -0.05) is 32.1 Å². The molecule has 42 heavy (non-hydrogen) atoms. The molecular weight excluding hydrogens is 571 g/mol. The fourth-order valence-corrected chi connectivity index (χ4v) is 6.92. The number of aromatic nitrogens is 1. The highest BCUT2D eigenvalue weighted by Crippen LogP contribution is 2.37. The van der Waals surface area contributed by atoms with Crippen molar-refractivity contribution in [2.24, 2.45) is 11.3 Å². The van der Waals surface area contributed by atoms with Crippen LogP contribution in [0.2, 0.25) is 0 Å². The number of carboxylic acid groups (broad SMARTS) is 1. The molecule has 1 saturated carbocycles. The summed E-state index contributed by atoms with van der Waals surface area (Å²) in [6.45, 7) is 9.60. The second kappa shape index (κ2) is 12.4. The van der Waals surface area contributed by atoms with Gasteiger partial charge in [0.1, 0.15) is 0 Å². The molecule has 12 heteroatoms. The van der Waals surface area contributed by atoms with Crippen LogP contribution in [0.15, 0.2) is 29.3 Å². The maximum atomic E-state index is 14.3. The molecule has 0 spiro atoms. The largest absolute Gasteiger partial charge is 0.481 e. The van der Waals surface area contributed by atoms with Gasteiger partial charge < -0.3 is 15.0 Å². The van der Waals surface area contributed by atoms with Crippen molar-refractivity contribution in [3.63, 3.8) is 0 Å². The maximum Gasteiger partial charge on any atom is 0.417 e. The molecule has 0 atom stereocenters. The monoisotopic (exact) mass is 613 g/mol. The highest BCUT2D eigenvalue weighted by atomic mass is 32.2. The van der Waals surface area contributed by atoms with Crippen molar-refractivity contribution >= 4 is 21.9 Å². The molecule has 3 rings (SSSR count). The maximum absolute atomic E-state index is 14.3. The molecule has 1 fully saturated rings. The summed E-state index contributed by atoms with van der Waals surface area (Å²) in [7, 11) is -4.49. The van der Waals surface area contributed by atoms with Crippen LogP contribution in [0, 0.1) is 18.3 Å². The number of benzene rings is 1. The highest BCUT2D eigenvalue weighted by molar-refractivity contribution is 7.89. The molecule has 0 saturated heterocycles. The molecule has 3 N–H and O–H groups in total. The van der Waals surface area contributed by atoms with E-state index in [4.69, 9.17) is 0 Å². The summed E-state index contributed by atoms with van der Waals surface area (Å²) in [6.07, 6.45) is 2.47. The number of sulfonamides is 1. The Morgan fingerprint density at radius 2 is 1.67 bits per heavy atom. The molecule has 0 aliphatic heterocycles. The Kier molecular flexibility index (Phi) is 9.93. The van der Waals surface area contributed by atoms with Crippen LogP contribution in [0.5, 0.6) is 0 Å². The lowest BCUT2D eigenvalue weighted by Gasteiger charge is -2.24. The average molecular weight is 614 g/mol. The predicted molar refractivity (Wildman–Crippen MR) is 154 cm³/mol. The zero-order chi connectivity index (χ0) is 31.7. The van der Waals surface area contributed by atoms with E-state index in [2.05, 4.69) is 10.0 Å². The number of aliphatic carboxylic acids is 1. The second-order valence-corrected chi connectivity index (χ2v) is 14.6. The average Bonchev–Trinajstić information content (AvgIpc) is 3.18. The molecule has 2 aromatic rings. The van der Waals surface area contributed by atoms with Gasteiger partial charge in [-0.15, -0.1) is 0 Å². The van der Waals surface area contributed by atoms with Gasteiger partial charge in [-0.3, -0.25) is 9.59 Å². The summed E-state index contributed by atoms with van der Waals surface area (Å²) in [4.78, 5) is 23.8. The first kappa shape index (κ1) is 33.6. The number of rotatable bonds is 10. The normalized spacial score (nSPS) is 15.5. The zero-order valence-corrected chi connectivity index (χ0v) is 25.9. The van der Waals surface area contributed by atoms with E-state index in [0.29, 0.717) is 23.6 Å². The van der Waals surface area contributed by atoms with Crippen LogP contribution in [0.25, 0.3) is 5.69 Å². The fourth-order valence-electron chi connectivity index (χ4n) is 5.29. The predicted octanol–water partition coefficient (Wildman–Crippen LogP) is 6.23. The van der Waals surface area contributed by atoms with Gasteiger partial charge in [0.15, 0.2) is 0 Å². The van der Waals surface area contributed by atoms with Gasteiger partial charge in [0, 0.05) is 29.7 Å². The van der Waals surface area contributed by atoms with E-state index >= 15 is 0 Å². The smallest absolute Gasteiger partial charge is 0.417 e. The quantitative estimate of drug-likeness (QED) is 0.294. The number of nitrogens with one attached hydrogen (secondary N) is 2. The lowest BCUT2D eigenvalue weighted by Crippen LogP contribution is -2.41. The molecule has 1 aromatic heterocycles. The SMILES string of the molecule is Cc1c(C(=O)NCCC(C)(C)C(=O)O)cn(-c2ccc(S(=O)(=O)NC(C)(C)C)c(C(F)(F)F)c2)c1CC1CCCCC1. The first-order chi connectivity index (χ1) is 19.2. The Balaban J connectivity index is 2.08. The van der Waals surface area contributed by atoms with E-state index in [9.17, 15) is 36.3 Å². The van der Waals surface area contributed by atoms with Gasteiger partial charge in [-0.2, -0.15) is 13.2 Å². The number of hydrogen-bond donors (Lipinski definition) is 3. The van der Waals surface area contributed by atoms with E-state index in [1.165, 1.54) is 12.3 Å². The third-order valence-corrected chi connectivity index (χ3v) is 9.54. The fraction of sp³-hybridized carbons (Fsp3) is 0.600. The van der Waals surface area contributed by atoms with Crippen molar-refractivity contribution in [3.8, 4) is 5.69 Å². The summed E-state index contributed by atoms with van der Waals surface area (Å²) in [5.41, 5.74) is -1.66. The molecular formula is C30H42F3N3O5S. The number of carbonyl (C=O) groups is 2. The molecule has 8 nitrogen and oxygen atoms in total. The zero-order valence-electron chi connectivity index (χ0n) is 25.1. The third-order valence-electron chi connectivity index (χ3n) is 7.73. The molecule has 0 radical (unpaired) electrons. The minimum absolute atomic E-state index is 0.0944. The highest BCUT2D eigenvalue weighted by Gasteiger charge is 2.39. The number of amides is 1. The first-order valence-corrected chi connectivity index (χ1v) is 15.7. The van der Waals surface area contributed by atoms with E-state index in [1.54, 1.807) is 46.1 Å². The van der Waals surface area contributed by atoms with Crippen LogP contribution in [-0.2, 0) is 27.4 Å². The van der Waals surface area contributed by atoms with Crippen LogP contribution in [0.1, 0.15) is 100 Å². The van der Waals surface area contributed by atoms with Crippen molar-refractivity contribution in [2.75, 3.05) is 6.54 Å². The van der Waals surface area contributed by atoms with E-state index < -0.39 is 49.5 Å². The van der Waals surface area contributed by atoms with Crippen molar-refractivity contribution in [1.29, 1.82) is 0 Å². The summed E-state index contributed by atoms with van der Waals surface area (Å²) >= 11 is 0. The Morgan fingerprint density at radius 1 is 1.05 bits per heavy atom. The summed E-state index contributed by atoms with van der Waals surface area (Å²) in [5, 5.41) is 12.1. The number of alkyl halides is 3. The van der Waals surface area contributed by atoms with E-state index in [1.807, 2.05) is 0 Å². The Labute approximate surface area is 246 Å². The summed E-state index contributed by atoms with van der Waals surface area (Å²) in [5.74, 6) is -1.14. The molecule has 1 amide bonds. The van der Waals surface area contributed by atoms with Crippen LogP contribution < -0.4 is 10.0 Å². The lowest BCUT2D eigenvalue weighted by molar-refractivity contribution is -0.147. The van der Waals surface area contributed by atoms with Gasteiger partial charge in [-0.05, 0) is 84.1 Å². The van der Waals surface area contributed by atoms with Crippen molar-refractivity contribution in [1.82, 2.24) is 14.6 Å². The number of halogens is 3. The van der Waals surface area contributed by atoms with Gasteiger partial charge in [0.2, 0.25) is 10.0 Å². The van der Waals surface area contributed by atoms with Crippen LogP contribution in [-0.4, -0.2) is 42.1 Å². The molecule has 0 bridgehead atoms. The minimum atomic E-state index is -4.96. The van der Waals surface area contributed by atoms with E-state index in [-0.39, 0.29) is 24.2 Å². The number of carbonyl (C=O) groups excluding carboxylic acids is 1. The Morgan fingerprint density at radius 3 is 2.21 bits per heavy atom. The molecule has 1 aliphatic rings. The topological polar surface area (TPSA) is 118 Å². The molecule has 1 aromatic carbocycles. The summed E-state index contributed by atoms with van der Waals surface area (Å²) in [6, 6.07) is 3.10. The molecule has 1 heterocycles. The molecule has 1 aliphatic carbocycles. The van der Waals surface area contributed by atoms with Gasteiger partial charge in [0.05, 0.1) is 21.4 Å². The Bertz CT molecular complexity index is 1420. The first-order valence-electron chi connectivity index (χ1n) is 14.2. The number of hydrogen-bond acceptors (Lipinski definition) is 4. The van der Waals surface area contributed by atoms with Crippen molar-refractivity contribution < 1.29 is 36.3 Å². The lowest BCUT2D eigenvalue weighted by atomic mass is 9.85. The third kappa shape index (κ3) is 8.15. The number of carboxylic acids is 1. The molecule has 234 valence electrons. The van der Waals surface area contributed by atoms with Crippen molar-refractivity contribution in [2.45, 2.75) is 103 Å². The number of nitrogens with zero attached hydrogens (tertiary/aromatic N) is 1. The van der Waals surface area contributed by atoms with Crippen molar-refractivity contribution in [3.05, 3.63) is 46.8 Å². The minimum Gasteiger partial charge on any atom is -0.481 e. The van der Waals surface area contributed by atoms with Crippen LogP contribution in [0.4, 0.5) is 13.2 Å². The van der Waals surface area contributed by atoms with Crippen LogP contribution in [0.3, 0.4) is 0 Å². The van der Waals surface area contributed by atoms with Crippen LogP contribution >= 0.6 is 0 Å². The molecule has 0 unspecified atom stereocenters. The van der Waals surface area contributed by atoms with Gasteiger partial charge in [0.25, 0.3) is 5.91 Å². The second-order valence-electron chi connectivity index (χ2n) is 12.9.